The van der Waals surface area contributed by atoms with Crippen LogP contribution in [-0.2, 0) is 9.53 Å². The largest absolute Gasteiger partial charge is 0.462 e. The summed E-state index contributed by atoms with van der Waals surface area (Å²) in [4.78, 5) is 10.5. The second-order valence-corrected chi connectivity index (χ2v) is 2.27. The van der Waals surface area contributed by atoms with Crippen molar-refractivity contribution in [1.82, 2.24) is 5.32 Å². The lowest BCUT2D eigenvalue weighted by Crippen LogP contribution is -2.05. The summed E-state index contributed by atoms with van der Waals surface area (Å²) < 4.78 is 4.74. The molecule has 0 bridgehead atoms. The second-order valence-electron chi connectivity index (χ2n) is 2.27. The highest BCUT2D eigenvalue weighted by Crippen LogP contribution is 2.02. The number of hydrogen-bond donors (Lipinski definition) is 1. The van der Waals surface area contributed by atoms with Crippen molar-refractivity contribution in [3.8, 4) is 0 Å². The van der Waals surface area contributed by atoms with Crippen molar-refractivity contribution in [1.29, 1.82) is 0 Å². The molecule has 1 unspecified atom stereocenters. The van der Waals surface area contributed by atoms with Crippen LogP contribution >= 0.6 is 0 Å². The van der Waals surface area contributed by atoms with Crippen LogP contribution in [0.2, 0.25) is 0 Å². The lowest BCUT2D eigenvalue weighted by molar-refractivity contribution is -0.137. The van der Waals surface area contributed by atoms with Gasteiger partial charge >= 0.3 is 5.97 Å². The molecule has 0 aromatic carbocycles. The smallest absolute Gasteiger partial charge is 0.330 e. The summed E-state index contributed by atoms with van der Waals surface area (Å²) in [5, 5.41) is 3.11. The Hall–Kier alpha value is -0.830. The monoisotopic (exact) mass is 141 g/mol. The molecule has 3 nitrogen and oxygen atoms in total. The molecule has 0 saturated carbocycles. The van der Waals surface area contributed by atoms with Crippen LogP contribution in [0.5, 0.6) is 0 Å². The van der Waals surface area contributed by atoms with E-state index in [1.165, 1.54) is 6.08 Å². The Morgan fingerprint density at radius 1 is 1.90 bits per heavy atom. The standard InChI is InChI=1S/C7H11NO2/c1-2-7(9)10-4-3-6-5-8-6/h2,6,8H,1,3-5H2. The van der Waals surface area contributed by atoms with Gasteiger partial charge in [-0.2, -0.15) is 0 Å². The van der Waals surface area contributed by atoms with Crippen molar-refractivity contribution in [2.45, 2.75) is 12.5 Å². The maximum absolute atomic E-state index is 10.5. The van der Waals surface area contributed by atoms with Crippen molar-refractivity contribution in [3.05, 3.63) is 12.7 Å². The first-order valence-corrected chi connectivity index (χ1v) is 3.35. The maximum Gasteiger partial charge on any atom is 0.330 e. The Bertz CT molecular complexity index is 141. The molecule has 0 radical (unpaired) electrons. The average Bonchev–Trinajstić information content (AvgIpc) is 2.71. The van der Waals surface area contributed by atoms with E-state index >= 15 is 0 Å². The van der Waals surface area contributed by atoms with E-state index in [1.807, 2.05) is 0 Å². The van der Waals surface area contributed by atoms with E-state index in [9.17, 15) is 4.79 Å². The molecule has 1 heterocycles. The van der Waals surface area contributed by atoms with Crippen molar-refractivity contribution < 1.29 is 9.53 Å². The normalized spacial score (nSPS) is 21.8. The highest BCUT2D eigenvalue weighted by molar-refractivity contribution is 5.81. The van der Waals surface area contributed by atoms with Crippen molar-refractivity contribution in [3.63, 3.8) is 0 Å². The fourth-order valence-corrected chi connectivity index (χ4v) is 0.648. The topological polar surface area (TPSA) is 48.2 Å². The number of esters is 1. The van der Waals surface area contributed by atoms with E-state index in [0.29, 0.717) is 12.6 Å². The van der Waals surface area contributed by atoms with Crippen molar-refractivity contribution in [2.75, 3.05) is 13.2 Å². The summed E-state index contributed by atoms with van der Waals surface area (Å²) in [5.74, 6) is -0.333. The summed E-state index contributed by atoms with van der Waals surface area (Å²) in [5.41, 5.74) is 0. The number of carbonyl (C=O) groups is 1. The number of carbonyl (C=O) groups excluding carboxylic acids is 1. The Morgan fingerprint density at radius 3 is 3.10 bits per heavy atom. The maximum atomic E-state index is 10.5. The summed E-state index contributed by atoms with van der Waals surface area (Å²) in [6, 6.07) is 0.581. The van der Waals surface area contributed by atoms with Gasteiger partial charge < -0.3 is 10.1 Å². The van der Waals surface area contributed by atoms with Crippen LogP contribution < -0.4 is 5.32 Å². The number of ether oxygens (including phenoxy) is 1. The van der Waals surface area contributed by atoms with Gasteiger partial charge in [0.25, 0.3) is 0 Å². The van der Waals surface area contributed by atoms with Gasteiger partial charge in [-0.15, -0.1) is 0 Å². The molecule has 0 spiro atoms. The van der Waals surface area contributed by atoms with E-state index in [-0.39, 0.29) is 5.97 Å². The minimum atomic E-state index is -0.333. The van der Waals surface area contributed by atoms with E-state index in [1.54, 1.807) is 0 Å². The lowest BCUT2D eigenvalue weighted by atomic mass is 10.3. The van der Waals surface area contributed by atoms with Crippen LogP contribution in [0.3, 0.4) is 0 Å². The quantitative estimate of drug-likeness (QED) is 0.342. The van der Waals surface area contributed by atoms with Gasteiger partial charge in [0.1, 0.15) is 0 Å². The molecule has 1 rings (SSSR count). The molecule has 1 saturated heterocycles. The Balaban J connectivity index is 1.93. The lowest BCUT2D eigenvalue weighted by Gasteiger charge is -1.97. The second kappa shape index (κ2) is 3.37. The van der Waals surface area contributed by atoms with Crippen LogP contribution in [0.4, 0.5) is 0 Å². The molecule has 10 heavy (non-hydrogen) atoms. The van der Waals surface area contributed by atoms with Crippen LogP contribution in [0.1, 0.15) is 6.42 Å². The molecular weight excluding hydrogens is 130 g/mol. The van der Waals surface area contributed by atoms with Gasteiger partial charge in [-0.1, -0.05) is 6.58 Å². The molecule has 3 heteroatoms. The number of hydrogen-bond acceptors (Lipinski definition) is 3. The minimum Gasteiger partial charge on any atom is -0.462 e. The highest BCUT2D eigenvalue weighted by Gasteiger charge is 2.19. The zero-order valence-electron chi connectivity index (χ0n) is 5.80. The Morgan fingerprint density at radius 2 is 2.60 bits per heavy atom. The zero-order valence-corrected chi connectivity index (χ0v) is 5.80. The molecular formula is C7H11NO2. The van der Waals surface area contributed by atoms with E-state index < -0.39 is 0 Å². The summed E-state index contributed by atoms with van der Waals surface area (Å²) in [6.45, 7) is 4.85. The Labute approximate surface area is 60.1 Å². The molecule has 0 amide bonds. The van der Waals surface area contributed by atoms with Gasteiger partial charge in [-0.05, 0) is 6.42 Å². The molecule has 0 aromatic heterocycles. The van der Waals surface area contributed by atoms with Crippen molar-refractivity contribution in [2.24, 2.45) is 0 Å². The van der Waals surface area contributed by atoms with Gasteiger partial charge in [-0.3, -0.25) is 0 Å². The van der Waals surface area contributed by atoms with Gasteiger partial charge in [0.15, 0.2) is 0 Å². The predicted octanol–water partition coefficient (Wildman–Crippen LogP) is 0.0775. The first-order chi connectivity index (χ1) is 4.83. The van der Waals surface area contributed by atoms with Gasteiger partial charge in [0.05, 0.1) is 6.61 Å². The fourth-order valence-electron chi connectivity index (χ4n) is 0.648. The fraction of sp³-hybridized carbons (Fsp3) is 0.571. The molecule has 1 atom stereocenters. The first-order valence-electron chi connectivity index (χ1n) is 3.35. The predicted molar refractivity (Wildman–Crippen MR) is 37.6 cm³/mol. The highest BCUT2D eigenvalue weighted by atomic mass is 16.5. The van der Waals surface area contributed by atoms with Gasteiger partial charge in [0.2, 0.25) is 0 Å². The molecule has 1 N–H and O–H groups in total. The molecule has 0 aromatic rings. The SMILES string of the molecule is C=CC(=O)OCCC1CN1. The molecule has 56 valence electrons. The third-order valence-electron chi connectivity index (χ3n) is 1.37. The van der Waals surface area contributed by atoms with Crippen LogP contribution in [-0.4, -0.2) is 25.2 Å². The van der Waals surface area contributed by atoms with E-state index in [4.69, 9.17) is 4.74 Å². The third kappa shape index (κ3) is 2.64. The first kappa shape index (κ1) is 7.28. The summed E-state index contributed by atoms with van der Waals surface area (Å²) in [6.07, 6.45) is 2.10. The summed E-state index contributed by atoms with van der Waals surface area (Å²) in [7, 11) is 0. The zero-order chi connectivity index (χ0) is 7.40. The van der Waals surface area contributed by atoms with E-state index in [2.05, 4.69) is 11.9 Å². The average molecular weight is 141 g/mol. The summed E-state index contributed by atoms with van der Waals surface area (Å²) >= 11 is 0. The number of nitrogens with one attached hydrogen (secondary N) is 1. The van der Waals surface area contributed by atoms with Crippen molar-refractivity contribution >= 4 is 5.97 Å². The van der Waals surface area contributed by atoms with Crippen LogP contribution in [0, 0.1) is 0 Å². The van der Waals surface area contributed by atoms with E-state index in [0.717, 1.165) is 13.0 Å². The van der Waals surface area contributed by atoms with Crippen LogP contribution in [0.25, 0.3) is 0 Å². The van der Waals surface area contributed by atoms with Crippen LogP contribution in [0.15, 0.2) is 12.7 Å². The van der Waals surface area contributed by atoms with Gasteiger partial charge in [-0.25, -0.2) is 4.79 Å². The third-order valence-corrected chi connectivity index (χ3v) is 1.37. The van der Waals surface area contributed by atoms with Gasteiger partial charge in [0, 0.05) is 18.7 Å². The number of rotatable bonds is 4. The molecule has 1 fully saturated rings. The molecule has 1 aliphatic rings. The molecule has 0 aliphatic carbocycles. The Kier molecular flexibility index (Phi) is 2.45. The molecule has 1 aliphatic heterocycles. The minimum absolute atomic E-state index is 0.333.